The molecule has 0 aromatic heterocycles. The van der Waals surface area contributed by atoms with E-state index in [2.05, 4.69) is 10.7 Å². The molecule has 2 aromatic carbocycles. The number of nitrogens with two attached hydrogens (primary N) is 1. The van der Waals surface area contributed by atoms with Crippen molar-refractivity contribution in [1.82, 2.24) is 5.32 Å². The minimum atomic E-state index is -0.561. The second kappa shape index (κ2) is 6.49. The van der Waals surface area contributed by atoms with E-state index in [9.17, 15) is 14.9 Å². The van der Waals surface area contributed by atoms with E-state index in [0.717, 1.165) is 5.56 Å². The van der Waals surface area contributed by atoms with Gasteiger partial charge in [0.15, 0.2) is 0 Å². The Bertz CT molecular complexity index is 659. The number of hydrogen-bond acceptors (Lipinski definition) is 5. The molecule has 1 amide bonds. The highest BCUT2D eigenvalue weighted by atomic mass is 16.6. The zero-order valence-electron chi connectivity index (χ0n) is 11.1. The Labute approximate surface area is 120 Å². The van der Waals surface area contributed by atoms with Gasteiger partial charge in [-0.05, 0) is 11.6 Å². The summed E-state index contributed by atoms with van der Waals surface area (Å²) in [4.78, 5) is 22.4. The average molecular weight is 286 g/mol. The molecule has 0 saturated heterocycles. The highest BCUT2D eigenvalue weighted by Gasteiger charge is 2.16. The number of nitro benzene ring substituents is 1. The summed E-state index contributed by atoms with van der Waals surface area (Å²) in [5.74, 6) is 4.89. The molecule has 0 aliphatic carbocycles. The van der Waals surface area contributed by atoms with Gasteiger partial charge >= 0.3 is 0 Å². The van der Waals surface area contributed by atoms with Crippen LogP contribution in [0.3, 0.4) is 0 Å². The van der Waals surface area contributed by atoms with Crippen molar-refractivity contribution in [2.24, 2.45) is 5.84 Å². The number of nitro groups is 1. The lowest BCUT2D eigenvalue weighted by Gasteiger charge is -2.09. The number of nitrogens with zero attached hydrogens (tertiary/aromatic N) is 1. The Hall–Kier alpha value is -2.93. The van der Waals surface area contributed by atoms with E-state index in [0.29, 0.717) is 12.2 Å². The minimum Gasteiger partial charge on any atom is -0.348 e. The first kappa shape index (κ1) is 14.5. The van der Waals surface area contributed by atoms with Crippen molar-refractivity contribution in [1.29, 1.82) is 0 Å². The standard InChI is InChI=1S/C14H14N4O3/c15-17-13-7-6-11(18(20)21)8-12(13)14(19)16-9-10-4-2-1-3-5-10/h1-8,17H,9,15H2,(H,16,19). The molecule has 0 atom stereocenters. The largest absolute Gasteiger partial charge is 0.348 e. The first-order valence-corrected chi connectivity index (χ1v) is 6.19. The summed E-state index contributed by atoms with van der Waals surface area (Å²) < 4.78 is 0. The molecule has 0 fully saturated rings. The van der Waals surface area contributed by atoms with Crippen LogP contribution in [0.4, 0.5) is 11.4 Å². The van der Waals surface area contributed by atoms with Crippen LogP contribution in [0.1, 0.15) is 15.9 Å². The summed E-state index contributed by atoms with van der Waals surface area (Å²) in [6.45, 7) is 0.326. The molecule has 108 valence electrons. The van der Waals surface area contributed by atoms with Crippen LogP contribution in [0, 0.1) is 10.1 Å². The number of non-ortho nitro benzene ring substituents is 1. The van der Waals surface area contributed by atoms with E-state index in [1.807, 2.05) is 30.3 Å². The van der Waals surface area contributed by atoms with Crippen LogP contribution in [0.15, 0.2) is 48.5 Å². The van der Waals surface area contributed by atoms with Gasteiger partial charge in [0, 0.05) is 18.7 Å². The molecule has 2 rings (SSSR count). The van der Waals surface area contributed by atoms with Crippen LogP contribution in [0.25, 0.3) is 0 Å². The maximum atomic E-state index is 12.1. The van der Waals surface area contributed by atoms with Gasteiger partial charge in [0.1, 0.15) is 0 Å². The lowest BCUT2D eigenvalue weighted by Crippen LogP contribution is -2.25. The molecule has 0 bridgehead atoms. The fourth-order valence-corrected chi connectivity index (χ4v) is 1.83. The van der Waals surface area contributed by atoms with Gasteiger partial charge in [0.2, 0.25) is 0 Å². The second-order valence-corrected chi connectivity index (χ2v) is 4.30. The Morgan fingerprint density at radius 1 is 1.19 bits per heavy atom. The highest BCUT2D eigenvalue weighted by Crippen LogP contribution is 2.21. The molecular formula is C14H14N4O3. The first-order chi connectivity index (χ1) is 10.1. The van der Waals surface area contributed by atoms with Gasteiger partial charge < -0.3 is 10.7 Å². The molecular weight excluding hydrogens is 272 g/mol. The maximum absolute atomic E-state index is 12.1. The third-order valence-corrected chi connectivity index (χ3v) is 2.91. The summed E-state index contributed by atoms with van der Waals surface area (Å²) in [6.07, 6.45) is 0. The average Bonchev–Trinajstić information content (AvgIpc) is 2.52. The van der Waals surface area contributed by atoms with Gasteiger partial charge in [-0.3, -0.25) is 20.8 Å². The molecule has 7 nitrogen and oxygen atoms in total. The molecule has 0 radical (unpaired) electrons. The highest BCUT2D eigenvalue weighted by molar-refractivity contribution is 6.00. The third-order valence-electron chi connectivity index (χ3n) is 2.91. The van der Waals surface area contributed by atoms with Crippen LogP contribution < -0.4 is 16.6 Å². The number of hydrazine groups is 1. The fourth-order valence-electron chi connectivity index (χ4n) is 1.83. The normalized spacial score (nSPS) is 9.95. The number of amides is 1. The van der Waals surface area contributed by atoms with Crippen molar-refractivity contribution in [2.75, 3.05) is 5.43 Å². The van der Waals surface area contributed by atoms with Crippen molar-refractivity contribution < 1.29 is 9.72 Å². The summed E-state index contributed by atoms with van der Waals surface area (Å²) in [6, 6.07) is 13.2. The van der Waals surface area contributed by atoms with Gasteiger partial charge in [-0.15, -0.1) is 0 Å². The molecule has 0 aliphatic rings. The van der Waals surface area contributed by atoms with Crippen molar-refractivity contribution in [3.63, 3.8) is 0 Å². The van der Waals surface area contributed by atoms with Gasteiger partial charge in [-0.1, -0.05) is 30.3 Å². The number of nitrogens with one attached hydrogen (secondary N) is 2. The number of carbonyl (C=O) groups excluding carboxylic acids is 1. The quantitative estimate of drug-likeness (QED) is 0.441. The first-order valence-electron chi connectivity index (χ1n) is 6.19. The second-order valence-electron chi connectivity index (χ2n) is 4.30. The van der Waals surface area contributed by atoms with E-state index in [-0.39, 0.29) is 11.3 Å². The molecule has 2 aromatic rings. The summed E-state index contributed by atoms with van der Waals surface area (Å²) in [5, 5.41) is 13.5. The molecule has 0 saturated carbocycles. The van der Waals surface area contributed by atoms with E-state index in [4.69, 9.17) is 5.84 Å². The molecule has 21 heavy (non-hydrogen) atoms. The molecule has 0 unspecified atom stereocenters. The fraction of sp³-hybridized carbons (Fsp3) is 0.0714. The lowest BCUT2D eigenvalue weighted by molar-refractivity contribution is -0.384. The number of hydrogen-bond donors (Lipinski definition) is 3. The topological polar surface area (TPSA) is 110 Å². The monoisotopic (exact) mass is 286 g/mol. The molecule has 4 N–H and O–H groups in total. The van der Waals surface area contributed by atoms with Gasteiger partial charge in [-0.2, -0.15) is 0 Å². The molecule has 0 aliphatic heterocycles. The zero-order valence-corrected chi connectivity index (χ0v) is 11.1. The zero-order chi connectivity index (χ0) is 15.2. The number of anilines is 1. The van der Waals surface area contributed by atoms with Crippen molar-refractivity contribution in [2.45, 2.75) is 6.54 Å². The SMILES string of the molecule is NNc1ccc([N+](=O)[O-])cc1C(=O)NCc1ccccc1. The lowest BCUT2D eigenvalue weighted by atomic mass is 10.1. The summed E-state index contributed by atoms with van der Waals surface area (Å²) in [5.41, 5.74) is 3.57. The number of rotatable bonds is 5. The smallest absolute Gasteiger partial charge is 0.270 e. The maximum Gasteiger partial charge on any atom is 0.270 e. The van der Waals surface area contributed by atoms with Crippen LogP contribution >= 0.6 is 0 Å². The van der Waals surface area contributed by atoms with Crippen LogP contribution in [0.5, 0.6) is 0 Å². The van der Waals surface area contributed by atoms with Crippen LogP contribution in [-0.2, 0) is 6.54 Å². The van der Waals surface area contributed by atoms with Crippen molar-refractivity contribution in [3.8, 4) is 0 Å². The van der Waals surface area contributed by atoms with Gasteiger partial charge in [-0.25, -0.2) is 0 Å². The van der Waals surface area contributed by atoms with Gasteiger partial charge in [0.25, 0.3) is 11.6 Å². The van der Waals surface area contributed by atoms with Crippen LogP contribution in [0.2, 0.25) is 0 Å². The number of benzene rings is 2. The predicted octanol–water partition coefficient (Wildman–Crippen LogP) is 1.81. The van der Waals surface area contributed by atoms with E-state index >= 15 is 0 Å². The Morgan fingerprint density at radius 3 is 2.52 bits per heavy atom. The number of nitrogen functional groups attached to an aromatic ring is 1. The van der Waals surface area contributed by atoms with Crippen molar-refractivity contribution >= 4 is 17.3 Å². The van der Waals surface area contributed by atoms with Gasteiger partial charge in [0.05, 0.1) is 16.2 Å². The Balaban J connectivity index is 2.17. The van der Waals surface area contributed by atoms with E-state index in [1.165, 1.54) is 18.2 Å². The minimum absolute atomic E-state index is 0.127. The van der Waals surface area contributed by atoms with E-state index < -0.39 is 10.8 Å². The van der Waals surface area contributed by atoms with E-state index in [1.54, 1.807) is 0 Å². The summed E-state index contributed by atoms with van der Waals surface area (Å²) >= 11 is 0. The Morgan fingerprint density at radius 2 is 1.90 bits per heavy atom. The Kier molecular flexibility index (Phi) is 4.47. The third kappa shape index (κ3) is 3.54. The van der Waals surface area contributed by atoms with Crippen LogP contribution in [-0.4, -0.2) is 10.8 Å². The predicted molar refractivity (Wildman–Crippen MR) is 78.5 cm³/mol. The summed E-state index contributed by atoms with van der Waals surface area (Å²) in [7, 11) is 0. The van der Waals surface area contributed by atoms with Crippen molar-refractivity contribution in [3.05, 3.63) is 69.8 Å². The molecule has 7 heteroatoms. The number of carbonyl (C=O) groups is 1. The molecule has 0 spiro atoms. The molecule has 0 heterocycles.